The van der Waals surface area contributed by atoms with Crippen LogP contribution in [0.5, 0.6) is 11.5 Å². The molecular weight excluding hydrogens is 358 g/mol. The number of rotatable bonds is 3. The Balaban J connectivity index is 1.44. The summed E-state index contributed by atoms with van der Waals surface area (Å²) in [4.78, 5) is 18.4. The number of benzene rings is 2. The molecule has 0 N–H and O–H groups in total. The van der Waals surface area contributed by atoms with E-state index in [-0.39, 0.29) is 6.03 Å². The molecule has 1 aliphatic rings. The maximum atomic E-state index is 12.4. The summed E-state index contributed by atoms with van der Waals surface area (Å²) < 4.78 is 12.3. The molecule has 2 aromatic carbocycles. The third-order valence-corrected chi connectivity index (χ3v) is 4.30. The smallest absolute Gasteiger partial charge is 0.346 e. The predicted molar refractivity (Wildman–Crippen MR) is 99.9 cm³/mol. The molecule has 1 saturated heterocycles. The normalized spacial score (nSPS) is 13.8. The Bertz CT molecular complexity index is 1000. The Morgan fingerprint density at radius 1 is 1.04 bits per heavy atom. The van der Waals surface area contributed by atoms with Gasteiger partial charge in [-0.3, -0.25) is 0 Å². The minimum atomic E-state index is -0.206. The number of carbonyl (C=O) groups is 1. The first kappa shape index (κ1) is 17.7. The highest BCUT2D eigenvalue weighted by Crippen LogP contribution is 2.24. The fourth-order valence-electron chi connectivity index (χ4n) is 2.79. The molecule has 1 aromatic heterocycles. The molecule has 8 heteroatoms. The number of carbonyl (C=O) groups excluding carboxylic acids is 1. The van der Waals surface area contributed by atoms with Crippen molar-refractivity contribution in [2.24, 2.45) is 0 Å². The standard InChI is InChI=1S/C20H17N5O3/c21-13-15-1-5-17(6-2-15)28-18-7-3-16(4-8-18)19-22-14-25(23-19)20(26)24-9-11-27-12-10-24/h1-8,14H,9-12H2. The van der Waals surface area contributed by atoms with Gasteiger partial charge in [0.15, 0.2) is 5.82 Å². The largest absolute Gasteiger partial charge is 0.457 e. The first-order chi connectivity index (χ1) is 13.7. The number of nitrogens with zero attached hydrogens (tertiary/aromatic N) is 5. The average Bonchev–Trinajstić information content (AvgIpc) is 3.25. The lowest BCUT2D eigenvalue weighted by atomic mass is 10.2. The molecular formula is C20H17N5O3. The second-order valence-electron chi connectivity index (χ2n) is 6.16. The van der Waals surface area contributed by atoms with Crippen molar-refractivity contribution >= 4 is 6.03 Å². The fraction of sp³-hybridized carbons (Fsp3) is 0.200. The number of morpholine rings is 1. The number of hydrogen-bond acceptors (Lipinski definition) is 6. The van der Waals surface area contributed by atoms with E-state index in [4.69, 9.17) is 14.7 Å². The fourth-order valence-corrected chi connectivity index (χ4v) is 2.79. The molecule has 1 aliphatic heterocycles. The Kier molecular flexibility index (Phi) is 4.99. The minimum Gasteiger partial charge on any atom is -0.457 e. The van der Waals surface area contributed by atoms with Crippen molar-refractivity contribution in [3.8, 4) is 29.0 Å². The zero-order valence-corrected chi connectivity index (χ0v) is 15.0. The Morgan fingerprint density at radius 2 is 1.68 bits per heavy atom. The van der Waals surface area contributed by atoms with E-state index in [1.54, 1.807) is 41.3 Å². The summed E-state index contributed by atoms with van der Waals surface area (Å²) in [6.45, 7) is 2.17. The van der Waals surface area contributed by atoms with Crippen LogP contribution in [-0.2, 0) is 4.74 Å². The Hall–Kier alpha value is -3.70. The summed E-state index contributed by atoms with van der Waals surface area (Å²) in [6.07, 6.45) is 1.42. The van der Waals surface area contributed by atoms with Crippen molar-refractivity contribution in [1.82, 2.24) is 19.7 Å². The lowest BCUT2D eigenvalue weighted by Crippen LogP contribution is -2.43. The van der Waals surface area contributed by atoms with Crippen LogP contribution < -0.4 is 4.74 Å². The number of nitriles is 1. The zero-order chi connectivity index (χ0) is 19.3. The zero-order valence-electron chi connectivity index (χ0n) is 15.0. The summed E-state index contributed by atoms with van der Waals surface area (Å²) >= 11 is 0. The first-order valence-electron chi connectivity index (χ1n) is 8.80. The van der Waals surface area contributed by atoms with Crippen LogP contribution in [0.25, 0.3) is 11.4 Å². The van der Waals surface area contributed by atoms with Gasteiger partial charge in [-0.2, -0.15) is 9.94 Å². The third-order valence-electron chi connectivity index (χ3n) is 4.30. The molecule has 3 aromatic rings. The van der Waals surface area contributed by atoms with Gasteiger partial charge in [-0.1, -0.05) is 0 Å². The minimum absolute atomic E-state index is 0.206. The van der Waals surface area contributed by atoms with Gasteiger partial charge in [0.1, 0.15) is 17.8 Å². The molecule has 0 unspecified atom stereocenters. The number of amides is 1. The van der Waals surface area contributed by atoms with Crippen LogP contribution in [0, 0.1) is 11.3 Å². The molecule has 1 amide bonds. The van der Waals surface area contributed by atoms with Crippen LogP contribution in [0.4, 0.5) is 4.79 Å². The lowest BCUT2D eigenvalue weighted by Gasteiger charge is -2.25. The van der Waals surface area contributed by atoms with E-state index >= 15 is 0 Å². The molecule has 1 fully saturated rings. The van der Waals surface area contributed by atoms with Crippen molar-refractivity contribution in [2.45, 2.75) is 0 Å². The van der Waals surface area contributed by atoms with E-state index in [1.807, 2.05) is 12.1 Å². The van der Waals surface area contributed by atoms with Gasteiger partial charge in [0.05, 0.1) is 24.8 Å². The molecule has 0 atom stereocenters. The van der Waals surface area contributed by atoms with Crippen molar-refractivity contribution in [3.63, 3.8) is 0 Å². The number of hydrogen-bond donors (Lipinski definition) is 0. The van der Waals surface area contributed by atoms with Gasteiger partial charge in [-0.25, -0.2) is 9.78 Å². The van der Waals surface area contributed by atoms with Crippen molar-refractivity contribution in [3.05, 3.63) is 60.4 Å². The molecule has 2 heterocycles. The van der Waals surface area contributed by atoms with Gasteiger partial charge in [0.2, 0.25) is 0 Å². The van der Waals surface area contributed by atoms with E-state index in [1.165, 1.54) is 11.0 Å². The molecule has 4 rings (SSSR count). The van der Waals surface area contributed by atoms with E-state index in [0.717, 1.165) is 5.56 Å². The second kappa shape index (κ2) is 7.90. The Labute approximate surface area is 161 Å². The van der Waals surface area contributed by atoms with E-state index in [9.17, 15) is 4.79 Å². The molecule has 0 radical (unpaired) electrons. The van der Waals surface area contributed by atoms with Crippen LogP contribution in [0.1, 0.15) is 5.56 Å². The van der Waals surface area contributed by atoms with Crippen molar-refractivity contribution < 1.29 is 14.3 Å². The van der Waals surface area contributed by atoms with Crippen molar-refractivity contribution in [2.75, 3.05) is 26.3 Å². The molecule has 0 aliphatic carbocycles. The van der Waals surface area contributed by atoms with Crippen LogP contribution >= 0.6 is 0 Å². The van der Waals surface area contributed by atoms with Crippen molar-refractivity contribution in [1.29, 1.82) is 5.26 Å². The quantitative estimate of drug-likeness (QED) is 0.699. The maximum Gasteiger partial charge on any atom is 0.346 e. The van der Waals surface area contributed by atoms with Gasteiger partial charge in [-0.05, 0) is 48.5 Å². The summed E-state index contributed by atoms with van der Waals surface area (Å²) in [6, 6.07) is 16.0. The van der Waals surface area contributed by atoms with E-state index in [2.05, 4.69) is 16.2 Å². The topological polar surface area (TPSA) is 93.3 Å². The average molecular weight is 375 g/mol. The highest BCUT2D eigenvalue weighted by Gasteiger charge is 2.20. The van der Waals surface area contributed by atoms with Crippen LogP contribution in [0.2, 0.25) is 0 Å². The van der Waals surface area contributed by atoms with Gasteiger partial charge in [-0.15, -0.1) is 5.10 Å². The van der Waals surface area contributed by atoms with Crippen LogP contribution in [0.15, 0.2) is 54.9 Å². The second-order valence-corrected chi connectivity index (χ2v) is 6.16. The van der Waals surface area contributed by atoms with E-state index in [0.29, 0.717) is 49.2 Å². The van der Waals surface area contributed by atoms with Gasteiger partial charge < -0.3 is 14.4 Å². The highest BCUT2D eigenvalue weighted by atomic mass is 16.5. The summed E-state index contributed by atoms with van der Waals surface area (Å²) in [5.41, 5.74) is 1.36. The highest BCUT2D eigenvalue weighted by molar-refractivity contribution is 5.76. The van der Waals surface area contributed by atoms with Gasteiger partial charge in [0, 0.05) is 18.7 Å². The molecule has 140 valence electrons. The summed E-state index contributed by atoms with van der Waals surface area (Å²) in [7, 11) is 0. The predicted octanol–water partition coefficient (Wildman–Crippen LogP) is 2.91. The van der Waals surface area contributed by atoms with Crippen LogP contribution in [-0.4, -0.2) is 52.0 Å². The van der Waals surface area contributed by atoms with Gasteiger partial charge in [0.25, 0.3) is 0 Å². The number of ether oxygens (including phenoxy) is 2. The lowest BCUT2D eigenvalue weighted by molar-refractivity contribution is 0.0528. The van der Waals surface area contributed by atoms with Gasteiger partial charge >= 0.3 is 6.03 Å². The number of aromatic nitrogens is 3. The SMILES string of the molecule is N#Cc1ccc(Oc2ccc(-c3ncn(C(=O)N4CCOCC4)n3)cc2)cc1. The molecule has 0 saturated carbocycles. The monoisotopic (exact) mass is 375 g/mol. The van der Waals surface area contributed by atoms with Crippen LogP contribution in [0.3, 0.4) is 0 Å². The molecule has 0 spiro atoms. The summed E-state index contributed by atoms with van der Waals surface area (Å²) in [5, 5.41) is 13.1. The maximum absolute atomic E-state index is 12.4. The molecule has 0 bridgehead atoms. The Morgan fingerprint density at radius 3 is 2.32 bits per heavy atom. The summed E-state index contributed by atoms with van der Waals surface area (Å²) in [5.74, 6) is 1.76. The van der Waals surface area contributed by atoms with E-state index < -0.39 is 0 Å². The first-order valence-corrected chi connectivity index (χ1v) is 8.80. The molecule has 28 heavy (non-hydrogen) atoms. The third kappa shape index (κ3) is 3.84. The molecule has 8 nitrogen and oxygen atoms in total.